The minimum atomic E-state index is -0.0268. The Morgan fingerprint density at radius 3 is 3.08 bits per heavy atom. The van der Waals surface area contributed by atoms with Crippen molar-refractivity contribution in [1.82, 2.24) is 20.0 Å². The fourth-order valence-electron chi connectivity index (χ4n) is 2.82. The van der Waals surface area contributed by atoms with E-state index in [1.165, 1.54) is 0 Å². The Morgan fingerprint density at radius 2 is 2.28 bits per heavy atom. The molecule has 4 rings (SSSR count). The van der Waals surface area contributed by atoms with Crippen LogP contribution < -0.4 is 0 Å². The molecular weight excluding hydrogens is 320 g/mol. The van der Waals surface area contributed by atoms with E-state index in [2.05, 4.69) is 15.1 Å². The number of aromatic nitrogens is 3. The summed E-state index contributed by atoms with van der Waals surface area (Å²) in [5.74, 6) is 1.56. The first kappa shape index (κ1) is 15.3. The minimum Gasteiger partial charge on any atom is -0.459 e. The fraction of sp³-hybridized carbons (Fsp3) is 0.222. The number of carbonyl (C=O) groups excluding carboxylic acids is 1. The quantitative estimate of drug-likeness (QED) is 0.681. The van der Waals surface area contributed by atoms with Crippen LogP contribution in [0.1, 0.15) is 23.7 Å². The summed E-state index contributed by atoms with van der Waals surface area (Å²) in [7, 11) is 0. The van der Waals surface area contributed by atoms with E-state index in [9.17, 15) is 4.79 Å². The smallest absolute Gasteiger partial charge is 0.293 e. The molecule has 0 aromatic carbocycles. The maximum Gasteiger partial charge on any atom is 0.293 e. The molecular formula is C18H16N4O3. The molecule has 1 aliphatic heterocycles. The van der Waals surface area contributed by atoms with E-state index in [4.69, 9.17) is 8.94 Å². The van der Waals surface area contributed by atoms with Crippen molar-refractivity contribution in [2.45, 2.75) is 12.3 Å². The maximum absolute atomic E-state index is 12.3. The van der Waals surface area contributed by atoms with Crippen LogP contribution in [-0.2, 0) is 4.79 Å². The van der Waals surface area contributed by atoms with Crippen LogP contribution >= 0.6 is 0 Å². The zero-order chi connectivity index (χ0) is 17.1. The largest absolute Gasteiger partial charge is 0.459 e. The Balaban J connectivity index is 1.40. The molecule has 0 aliphatic carbocycles. The first-order chi connectivity index (χ1) is 12.3. The second-order valence-corrected chi connectivity index (χ2v) is 5.82. The predicted octanol–water partition coefficient (Wildman–Crippen LogP) is 2.75. The molecule has 126 valence electrons. The van der Waals surface area contributed by atoms with E-state index < -0.39 is 0 Å². The van der Waals surface area contributed by atoms with Crippen LogP contribution in [0.2, 0.25) is 0 Å². The van der Waals surface area contributed by atoms with Gasteiger partial charge in [0.15, 0.2) is 11.6 Å². The molecule has 0 saturated carbocycles. The van der Waals surface area contributed by atoms with E-state index >= 15 is 0 Å². The molecule has 0 spiro atoms. The molecule has 7 heteroatoms. The third-order valence-electron chi connectivity index (χ3n) is 4.14. The highest BCUT2D eigenvalue weighted by atomic mass is 16.5. The topological polar surface area (TPSA) is 85.3 Å². The Labute approximate surface area is 144 Å². The van der Waals surface area contributed by atoms with Gasteiger partial charge in [-0.15, -0.1) is 0 Å². The molecule has 1 amide bonds. The zero-order valence-electron chi connectivity index (χ0n) is 13.4. The lowest BCUT2D eigenvalue weighted by molar-refractivity contribution is -0.124. The summed E-state index contributed by atoms with van der Waals surface area (Å²) in [6.45, 7) is 1.25. The number of rotatable bonds is 4. The molecule has 4 heterocycles. The number of amides is 1. The second kappa shape index (κ2) is 6.72. The zero-order valence-corrected chi connectivity index (χ0v) is 13.4. The predicted molar refractivity (Wildman–Crippen MR) is 89.2 cm³/mol. The summed E-state index contributed by atoms with van der Waals surface area (Å²) in [5, 5.41) is 4.03. The molecule has 25 heavy (non-hydrogen) atoms. The van der Waals surface area contributed by atoms with Gasteiger partial charge in [0.25, 0.3) is 5.89 Å². The lowest BCUT2D eigenvalue weighted by Crippen LogP contribution is -2.26. The van der Waals surface area contributed by atoms with E-state index in [-0.39, 0.29) is 11.8 Å². The molecule has 1 fully saturated rings. The van der Waals surface area contributed by atoms with Crippen molar-refractivity contribution in [3.8, 4) is 11.7 Å². The van der Waals surface area contributed by atoms with Gasteiger partial charge in [-0.25, -0.2) is 0 Å². The molecule has 0 N–H and O–H groups in total. The van der Waals surface area contributed by atoms with Gasteiger partial charge in [0, 0.05) is 37.5 Å². The summed E-state index contributed by atoms with van der Waals surface area (Å²) in [6.07, 6.45) is 9.13. The normalized spacial score (nSPS) is 17.4. The molecule has 0 unspecified atom stereocenters. The lowest BCUT2D eigenvalue weighted by Gasteiger charge is -2.12. The van der Waals surface area contributed by atoms with Gasteiger partial charge in [-0.05, 0) is 36.3 Å². The van der Waals surface area contributed by atoms with Gasteiger partial charge in [0.05, 0.1) is 6.26 Å². The molecule has 7 nitrogen and oxygen atoms in total. The number of nitrogens with zero attached hydrogens (tertiary/aromatic N) is 4. The van der Waals surface area contributed by atoms with E-state index in [0.29, 0.717) is 30.6 Å². The van der Waals surface area contributed by atoms with Crippen LogP contribution in [0.4, 0.5) is 0 Å². The van der Waals surface area contributed by atoms with Gasteiger partial charge >= 0.3 is 0 Å². The number of likely N-dealkylation sites (tertiary alicyclic amines) is 1. The van der Waals surface area contributed by atoms with Gasteiger partial charge in [-0.1, -0.05) is 11.2 Å². The van der Waals surface area contributed by atoms with E-state index in [0.717, 1.165) is 12.0 Å². The summed E-state index contributed by atoms with van der Waals surface area (Å²) in [5.41, 5.74) is 0.896. The van der Waals surface area contributed by atoms with Crippen molar-refractivity contribution in [3.63, 3.8) is 0 Å². The lowest BCUT2D eigenvalue weighted by atomic mass is 10.1. The number of carbonyl (C=O) groups is 1. The van der Waals surface area contributed by atoms with Crippen LogP contribution in [0.5, 0.6) is 0 Å². The molecule has 0 radical (unpaired) electrons. The van der Waals surface area contributed by atoms with Crippen LogP contribution in [-0.4, -0.2) is 39.0 Å². The van der Waals surface area contributed by atoms with Gasteiger partial charge in [0.1, 0.15) is 0 Å². The van der Waals surface area contributed by atoms with Crippen molar-refractivity contribution in [2.24, 2.45) is 0 Å². The standard InChI is InChI=1S/C18H16N4O3/c23-16(6-5-13-3-1-8-19-11-13)22-9-7-14(12-22)17-20-18(25-21-17)15-4-2-10-24-15/h1-6,8,10-11,14H,7,9,12H2/b6-5-/t14-/m0/s1. The third-order valence-corrected chi connectivity index (χ3v) is 4.14. The average Bonchev–Trinajstić information content (AvgIpc) is 3.40. The number of furan rings is 1. The van der Waals surface area contributed by atoms with Crippen LogP contribution in [0.15, 0.2) is 57.9 Å². The molecule has 3 aromatic heterocycles. The number of pyridine rings is 1. The van der Waals surface area contributed by atoms with Gasteiger partial charge in [-0.3, -0.25) is 9.78 Å². The summed E-state index contributed by atoms with van der Waals surface area (Å²) < 4.78 is 10.5. The minimum absolute atomic E-state index is 0.0268. The van der Waals surface area contributed by atoms with Gasteiger partial charge < -0.3 is 13.8 Å². The highest BCUT2D eigenvalue weighted by Crippen LogP contribution is 2.27. The Bertz CT molecular complexity index is 871. The van der Waals surface area contributed by atoms with E-state index in [1.807, 2.05) is 12.1 Å². The van der Waals surface area contributed by atoms with E-state index in [1.54, 1.807) is 47.8 Å². The maximum atomic E-state index is 12.3. The molecule has 0 bridgehead atoms. The first-order valence-corrected chi connectivity index (χ1v) is 8.04. The highest BCUT2D eigenvalue weighted by Gasteiger charge is 2.30. The average molecular weight is 336 g/mol. The Hall–Kier alpha value is -3.22. The van der Waals surface area contributed by atoms with Gasteiger partial charge in [-0.2, -0.15) is 4.98 Å². The van der Waals surface area contributed by atoms with Crippen molar-refractivity contribution >= 4 is 12.0 Å². The number of hydrogen-bond acceptors (Lipinski definition) is 6. The molecule has 3 aromatic rings. The highest BCUT2D eigenvalue weighted by molar-refractivity contribution is 5.91. The van der Waals surface area contributed by atoms with Crippen molar-refractivity contribution < 1.29 is 13.7 Å². The molecule has 1 saturated heterocycles. The monoisotopic (exact) mass is 336 g/mol. The summed E-state index contributed by atoms with van der Waals surface area (Å²) in [6, 6.07) is 7.27. The molecule has 1 atom stereocenters. The second-order valence-electron chi connectivity index (χ2n) is 5.82. The summed E-state index contributed by atoms with van der Waals surface area (Å²) in [4.78, 5) is 22.5. The Kier molecular flexibility index (Phi) is 4.12. The molecule has 1 aliphatic rings. The van der Waals surface area contributed by atoms with Crippen LogP contribution in [0, 0.1) is 0 Å². The summed E-state index contributed by atoms with van der Waals surface area (Å²) >= 11 is 0. The van der Waals surface area contributed by atoms with Crippen molar-refractivity contribution in [3.05, 3.63) is 60.4 Å². The van der Waals surface area contributed by atoms with Crippen LogP contribution in [0.25, 0.3) is 17.7 Å². The van der Waals surface area contributed by atoms with Gasteiger partial charge in [0.2, 0.25) is 5.91 Å². The first-order valence-electron chi connectivity index (χ1n) is 8.04. The third kappa shape index (κ3) is 3.35. The Morgan fingerprint density at radius 1 is 1.32 bits per heavy atom. The SMILES string of the molecule is O=C(/C=C\c1cccnc1)N1CC[C@H](c2noc(-c3ccco3)n2)C1. The number of hydrogen-bond donors (Lipinski definition) is 0. The fourth-order valence-corrected chi connectivity index (χ4v) is 2.82. The van der Waals surface area contributed by atoms with Crippen molar-refractivity contribution in [1.29, 1.82) is 0 Å². The van der Waals surface area contributed by atoms with Crippen LogP contribution in [0.3, 0.4) is 0 Å². The van der Waals surface area contributed by atoms with Crippen molar-refractivity contribution in [2.75, 3.05) is 13.1 Å².